The first-order chi connectivity index (χ1) is 8.99. The van der Waals surface area contributed by atoms with Crippen LogP contribution in [0.4, 0.5) is 0 Å². The molecule has 0 aliphatic heterocycles. The lowest BCUT2D eigenvalue weighted by atomic mass is 10.1. The standard InChI is InChI=1S/C11H10Cl2N4O2/c1-6(11(18)19)5-17-10(14-15-16-17)8-4-7(12)2-3-9(8)13/h2-4,6H,5H2,1H3,(H,18,19). The zero-order chi connectivity index (χ0) is 14.0. The molecule has 1 aromatic carbocycles. The monoisotopic (exact) mass is 300 g/mol. The van der Waals surface area contributed by atoms with Gasteiger partial charge in [0, 0.05) is 10.6 Å². The van der Waals surface area contributed by atoms with E-state index in [9.17, 15) is 4.79 Å². The molecule has 2 aromatic rings. The maximum Gasteiger partial charge on any atom is 0.308 e. The molecule has 1 N–H and O–H groups in total. The third kappa shape index (κ3) is 3.02. The largest absolute Gasteiger partial charge is 0.481 e. The van der Waals surface area contributed by atoms with Crippen molar-refractivity contribution in [2.45, 2.75) is 13.5 Å². The van der Waals surface area contributed by atoms with Crippen LogP contribution in [0.15, 0.2) is 18.2 Å². The van der Waals surface area contributed by atoms with Gasteiger partial charge >= 0.3 is 5.97 Å². The van der Waals surface area contributed by atoms with E-state index in [1.165, 1.54) is 4.68 Å². The number of aromatic nitrogens is 4. The van der Waals surface area contributed by atoms with Crippen molar-refractivity contribution in [1.82, 2.24) is 20.2 Å². The van der Waals surface area contributed by atoms with E-state index in [1.807, 2.05) is 0 Å². The van der Waals surface area contributed by atoms with E-state index in [0.29, 0.717) is 21.4 Å². The normalized spacial score (nSPS) is 12.4. The van der Waals surface area contributed by atoms with E-state index in [1.54, 1.807) is 25.1 Å². The summed E-state index contributed by atoms with van der Waals surface area (Å²) in [6, 6.07) is 4.93. The number of aliphatic carboxylic acids is 1. The average molecular weight is 301 g/mol. The summed E-state index contributed by atoms with van der Waals surface area (Å²) in [5.74, 6) is -1.14. The summed E-state index contributed by atoms with van der Waals surface area (Å²) in [4.78, 5) is 10.9. The number of rotatable bonds is 4. The topological polar surface area (TPSA) is 80.9 Å². The second-order valence-corrected chi connectivity index (χ2v) is 4.89. The molecule has 1 heterocycles. The number of hydrogen-bond donors (Lipinski definition) is 1. The quantitative estimate of drug-likeness (QED) is 0.937. The lowest BCUT2D eigenvalue weighted by Crippen LogP contribution is -2.18. The molecule has 0 radical (unpaired) electrons. The van der Waals surface area contributed by atoms with Crippen LogP contribution in [0.2, 0.25) is 10.0 Å². The molecule has 0 fully saturated rings. The summed E-state index contributed by atoms with van der Waals surface area (Å²) >= 11 is 12.0. The maximum absolute atomic E-state index is 10.9. The minimum Gasteiger partial charge on any atom is -0.481 e. The molecule has 1 aromatic heterocycles. The highest BCUT2D eigenvalue weighted by molar-refractivity contribution is 6.35. The van der Waals surface area contributed by atoms with Gasteiger partial charge in [0.25, 0.3) is 0 Å². The number of carboxylic acid groups (broad SMARTS) is 1. The maximum atomic E-state index is 10.9. The summed E-state index contributed by atoms with van der Waals surface area (Å²) in [6.45, 7) is 1.73. The Bertz CT molecular complexity index is 614. The molecule has 0 amide bonds. The van der Waals surface area contributed by atoms with E-state index in [-0.39, 0.29) is 6.54 Å². The molecule has 0 aliphatic carbocycles. The second-order valence-electron chi connectivity index (χ2n) is 4.05. The van der Waals surface area contributed by atoms with Gasteiger partial charge in [-0.2, -0.15) is 0 Å². The van der Waals surface area contributed by atoms with Crippen LogP contribution >= 0.6 is 23.2 Å². The van der Waals surface area contributed by atoms with Gasteiger partial charge in [0.15, 0.2) is 5.82 Å². The van der Waals surface area contributed by atoms with E-state index in [4.69, 9.17) is 28.3 Å². The Labute approximate surface area is 118 Å². The predicted molar refractivity (Wildman–Crippen MR) is 70.1 cm³/mol. The molecular weight excluding hydrogens is 291 g/mol. The minimum absolute atomic E-state index is 0.153. The van der Waals surface area contributed by atoms with E-state index >= 15 is 0 Å². The summed E-state index contributed by atoms with van der Waals surface area (Å²) in [6.07, 6.45) is 0. The van der Waals surface area contributed by atoms with Crippen LogP contribution in [0.25, 0.3) is 11.4 Å². The molecule has 6 nitrogen and oxygen atoms in total. The van der Waals surface area contributed by atoms with Crippen molar-refractivity contribution in [3.05, 3.63) is 28.2 Å². The lowest BCUT2D eigenvalue weighted by Gasteiger charge is -2.09. The Hall–Kier alpha value is -1.66. The smallest absolute Gasteiger partial charge is 0.308 e. The fourth-order valence-corrected chi connectivity index (χ4v) is 1.90. The fraction of sp³-hybridized carbons (Fsp3) is 0.273. The third-order valence-corrected chi connectivity index (χ3v) is 3.13. The van der Waals surface area contributed by atoms with Crippen LogP contribution in [0.3, 0.4) is 0 Å². The number of halogens is 2. The zero-order valence-electron chi connectivity index (χ0n) is 9.92. The molecule has 2 rings (SSSR count). The molecule has 0 saturated carbocycles. The van der Waals surface area contributed by atoms with Crippen LogP contribution in [0, 0.1) is 5.92 Å². The van der Waals surface area contributed by atoms with Gasteiger partial charge in [0.05, 0.1) is 17.5 Å². The Morgan fingerprint density at radius 2 is 2.21 bits per heavy atom. The van der Waals surface area contributed by atoms with Crippen LogP contribution < -0.4 is 0 Å². The Morgan fingerprint density at radius 3 is 2.89 bits per heavy atom. The van der Waals surface area contributed by atoms with Crippen molar-refractivity contribution >= 4 is 29.2 Å². The highest BCUT2D eigenvalue weighted by Crippen LogP contribution is 2.28. The summed E-state index contributed by atoms with van der Waals surface area (Å²) in [5, 5.41) is 21.1. The first-order valence-electron chi connectivity index (χ1n) is 5.43. The van der Waals surface area contributed by atoms with Crippen molar-refractivity contribution in [2.24, 2.45) is 5.92 Å². The molecule has 100 valence electrons. The first kappa shape index (κ1) is 13.8. The minimum atomic E-state index is -0.918. The van der Waals surface area contributed by atoms with Gasteiger partial charge in [-0.05, 0) is 28.6 Å². The van der Waals surface area contributed by atoms with Gasteiger partial charge in [0.1, 0.15) is 0 Å². The van der Waals surface area contributed by atoms with Gasteiger partial charge in [-0.25, -0.2) is 4.68 Å². The molecule has 19 heavy (non-hydrogen) atoms. The number of nitrogens with zero attached hydrogens (tertiary/aromatic N) is 4. The average Bonchev–Trinajstić information content (AvgIpc) is 2.80. The molecule has 0 saturated heterocycles. The Kier molecular flexibility index (Phi) is 4.01. The van der Waals surface area contributed by atoms with E-state index in [0.717, 1.165) is 0 Å². The van der Waals surface area contributed by atoms with Gasteiger partial charge in [0.2, 0.25) is 0 Å². The van der Waals surface area contributed by atoms with Crippen molar-refractivity contribution < 1.29 is 9.90 Å². The molecule has 0 bridgehead atoms. The Morgan fingerprint density at radius 1 is 1.47 bits per heavy atom. The van der Waals surface area contributed by atoms with Crippen LogP contribution in [-0.2, 0) is 11.3 Å². The number of hydrogen-bond acceptors (Lipinski definition) is 4. The van der Waals surface area contributed by atoms with Crippen molar-refractivity contribution in [2.75, 3.05) is 0 Å². The number of benzene rings is 1. The highest BCUT2D eigenvalue weighted by atomic mass is 35.5. The summed E-state index contributed by atoms with van der Waals surface area (Å²) in [7, 11) is 0. The zero-order valence-corrected chi connectivity index (χ0v) is 11.4. The highest BCUT2D eigenvalue weighted by Gasteiger charge is 2.18. The second kappa shape index (κ2) is 5.54. The fourth-order valence-electron chi connectivity index (χ4n) is 1.53. The molecular formula is C11H10Cl2N4O2. The predicted octanol–water partition coefficient (Wildman–Crippen LogP) is 2.37. The van der Waals surface area contributed by atoms with Crippen molar-refractivity contribution in [1.29, 1.82) is 0 Å². The SMILES string of the molecule is CC(Cn1nnnc1-c1cc(Cl)ccc1Cl)C(=O)O. The third-order valence-electron chi connectivity index (χ3n) is 2.57. The molecule has 1 unspecified atom stereocenters. The van der Waals surface area contributed by atoms with Gasteiger partial charge < -0.3 is 5.11 Å². The van der Waals surface area contributed by atoms with Crippen molar-refractivity contribution in [3.8, 4) is 11.4 Å². The van der Waals surface area contributed by atoms with Gasteiger partial charge in [-0.1, -0.05) is 30.1 Å². The number of tetrazole rings is 1. The number of carbonyl (C=O) groups is 1. The number of carboxylic acids is 1. The van der Waals surface area contributed by atoms with Crippen LogP contribution in [-0.4, -0.2) is 31.3 Å². The first-order valence-corrected chi connectivity index (χ1v) is 6.19. The molecule has 8 heteroatoms. The summed E-state index contributed by atoms with van der Waals surface area (Å²) < 4.78 is 1.40. The lowest BCUT2D eigenvalue weighted by molar-refractivity contribution is -0.141. The molecule has 1 atom stereocenters. The van der Waals surface area contributed by atoms with Crippen molar-refractivity contribution in [3.63, 3.8) is 0 Å². The van der Waals surface area contributed by atoms with Crippen LogP contribution in [0.5, 0.6) is 0 Å². The molecule has 0 spiro atoms. The molecule has 0 aliphatic rings. The van der Waals surface area contributed by atoms with Crippen LogP contribution in [0.1, 0.15) is 6.92 Å². The van der Waals surface area contributed by atoms with E-state index in [2.05, 4.69) is 15.5 Å². The van der Waals surface area contributed by atoms with Gasteiger partial charge in [-0.15, -0.1) is 5.10 Å². The van der Waals surface area contributed by atoms with Gasteiger partial charge in [-0.3, -0.25) is 4.79 Å². The summed E-state index contributed by atoms with van der Waals surface area (Å²) in [5.41, 5.74) is 0.566. The van der Waals surface area contributed by atoms with E-state index < -0.39 is 11.9 Å². The Balaban J connectivity index is 2.39.